The fourth-order valence-electron chi connectivity index (χ4n) is 1.83. The lowest BCUT2D eigenvalue weighted by Crippen LogP contribution is -2.32. The summed E-state index contributed by atoms with van der Waals surface area (Å²) in [6.45, 7) is 6.80. The van der Waals surface area contributed by atoms with Crippen molar-refractivity contribution in [1.82, 2.24) is 5.32 Å². The summed E-state index contributed by atoms with van der Waals surface area (Å²) in [5, 5.41) is 3.57. The maximum absolute atomic E-state index is 3.57. The van der Waals surface area contributed by atoms with E-state index in [1.54, 1.807) is 0 Å². The van der Waals surface area contributed by atoms with Gasteiger partial charge in [-0.15, -0.1) is 0 Å². The van der Waals surface area contributed by atoms with Gasteiger partial charge in [-0.25, -0.2) is 0 Å². The monoisotopic (exact) mass is 141 g/mol. The van der Waals surface area contributed by atoms with Gasteiger partial charge in [-0.2, -0.15) is 0 Å². The predicted octanol–water partition coefficient (Wildman–Crippen LogP) is 2.17. The van der Waals surface area contributed by atoms with Crippen LogP contribution in [0.1, 0.15) is 40.0 Å². The zero-order valence-electron chi connectivity index (χ0n) is 7.35. The SMILES string of the molecule is CC1CC[C@H](NC(C)C)C1. The van der Waals surface area contributed by atoms with Crippen molar-refractivity contribution in [3.8, 4) is 0 Å². The Hall–Kier alpha value is -0.0400. The van der Waals surface area contributed by atoms with Crippen molar-refractivity contribution in [1.29, 1.82) is 0 Å². The number of hydrogen-bond acceptors (Lipinski definition) is 1. The van der Waals surface area contributed by atoms with Crippen molar-refractivity contribution in [2.24, 2.45) is 5.92 Å². The van der Waals surface area contributed by atoms with Gasteiger partial charge < -0.3 is 5.32 Å². The maximum atomic E-state index is 3.57. The fourth-order valence-corrected chi connectivity index (χ4v) is 1.83. The standard InChI is InChI=1S/C9H19N/c1-7(2)10-9-5-4-8(3)6-9/h7-10H,4-6H2,1-3H3/t8?,9-/m0/s1. The van der Waals surface area contributed by atoms with Crippen LogP contribution in [0, 0.1) is 5.92 Å². The van der Waals surface area contributed by atoms with Gasteiger partial charge >= 0.3 is 0 Å². The van der Waals surface area contributed by atoms with E-state index < -0.39 is 0 Å². The van der Waals surface area contributed by atoms with E-state index in [0.29, 0.717) is 6.04 Å². The molecule has 0 bridgehead atoms. The van der Waals surface area contributed by atoms with Crippen LogP contribution in [0.2, 0.25) is 0 Å². The summed E-state index contributed by atoms with van der Waals surface area (Å²) in [6, 6.07) is 1.48. The van der Waals surface area contributed by atoms with Crippen LogP contribution in [0.5, 0.6) is 0 Å². The molecular formula is C9H19N. The minimum absolute atomic E-state index is 0.662. The molecule has 0 aromatic rings. The van der Waals surface area contributed by atoms with Gasteiger partial charge in [0.2, 0.25) is 0 Å². The van der Waals surface area contributed by atoms with E-state index in [1.165, 1.54) is 19.3 Å². The number of nitrogens with one attached hydrogen (secondary N) is 1. The minimum atomic E-state index is 0.662. The Morgan fingerprint density at radius 1 is 1.30 bits per heavy atom. The Labute approximate surface area is 64.2 Å². The lowest BCUT2D eigenvalue weighted by atomic mass is 10.1. The van der Waals surface area contributed by atoms with Gasteiger partial charge in [0.15, 0.2) is 0 Å². The first-order valence-corrected chi connectivity index (χ1v) is 4.44. The third-order valence-corrected chi connectivity index (χ3v) is 2.26. The molecule has 1 rings (SSSR count). The van der Waals surface area contributed by atoms with Gasteiger partial charge in [0.1, 0.15) is 0 Å². The molecule has 1 saturated carbocycles. The van der Waals surface area contributed by atoms with Crippen LogP contribution in [-0.2, 0) is 0 Å². The third-order valence-electron chi connectivity index (χ3n) is 2.26. The van der Waals surface area contributed by atoms with E-state index in [1.807, 2.05) is 0 Å². The molecule has 10 heavy (non-hydrogen) atoms. The molecule has 0 aromatic carbocycles. The molecule has 1 unspecified atom stereocenters. The van der Waals surface area contributed by atoms with Crippen molar-refractivity contribution in [2.75, 3.05) is 0 Å². The van der Waals surface area contributed by atoms with Gasteiger partial charge in [0.25, 0.3) is 0 Å². The second-order valence-electron chi connectivity index (χ2n) is 3.94. The van der Waals surface area contributed by atoms with Crippen molar-refractivity contribution >= 4 is 0 Å². The molecule has 0 aliphatic heterocycles. The average Bonchev–Trinajstić information content (AvgIpc) is 2.13. The van der Waals surface area contributed by atoms with Crippen molar-refractivity contribution in [2.45, 2.75) is 52.1 Å². The van der Waals surface area contributed by atoms with Crippen molar-refractivity contribution in [3.63, 3.8) is 0 Å². The van der Waals surface area contributed by atoms with Crippen LogP contribution >= 0.6 is 0 Å². The lowest BCUT2D eigenvalue weighted by molar-refractivity contribution is 0.458. The summed E-state index contributed by atoms with van der Waals surface area (Å²) >= 11 is 0. The summed E-state index contributed by atoms with van der Waals surface area (Å²) in [4.78, 5) is 0. The van der Waals surface area contributed by atoms with Crippen molar-refractivity contribution in [3.05, 3.63) is 0 Å². The first-order chi connectivity index (χ1) is 4.68. The molecular weight excluding hydrogens is 122 g/mol. The first-order valence-electron chi connectivity index (χ1n) is 4.44. The Morgan fingerprint density at radius 2 is 2.00 bits per heavy atom. The normalized spacial score (nSPS) is 33.6. The number of rotatable bonds is 2. The molecule has 0 amide bonds. The molecule has 2 atom stereocenters. The fraction of sp³-hybridized carbons (Fsp3) is 1.00. The van der Waals surface area contributed by atoms with Gasteiger partial charge in [0, 0.05) is 12.1 Å². The summed E-state index contributed by atoms with van der Waals surface area (Å²) in [5.74, 6) is 0.955. The Kier molecular flexibility index (Phi) is 2.72. The number of hydrogen-bond donors (Lipinski definition) is 1. The second-order valence-corrected chi connectivity index (χ2v) is 3.94. The summed E-state index contributed by atoms with van der Waals surface area (Å²) in [7, 11) is 0. The van der Waals surface area contributed by atoms with Gasteiger partial charge in [-0.1, -0.05) is 20.8 Å². The summed E-state index contributed by atoms with van der Waals surface area (Å²) in [6.07, 6.45) is 4.20. The lowest BCUT2D eigenvalue weighted by Gasteiger charge is -2.14. The van der Waals surface area contributed by atoms with Crippen molar-refractivity contribution < 1.29 is 0 Å². The van der Waals surface area contributed by atoms with Crippen LogP contribution in [0.3, 0.4) is 0 Å². The smallest absolute Gasteiger partial charge is 0.00720 e. The highest BCUT2D eigenvalue weighted by Gasteiger charge is 2.20. The molecule has 1 nitrogen and oxygen atoms in total. The van der Waals surface area contributed by atoms with E-state index in [9.17, 15) is 0 Å². The van der Waals surface area contributed by atoms with Crippen LogP contribution in [0.15, 0.2) is 0 Å². The summed E-state index contributed by atoms with van der Waals surface area (Å²) in [5.41, 5.74) is 0. The molecule has 1 aliphatic carbocycles. The molecule has 0 radical (unpaired) electrons. The van der Waals surface area contributed by atoms with Gasteiger partial charge in [0.05, 0.1) is 0 Å². The molecule has 1 aliphatic rings. The topological polar surface area (TPSA) is 12.0 Å². The molecule has 1 N–H and O–H groups in total. The second kappa shape index (κ2) is 3.38. The molecule has 0 heterocycles. The summed E-state index contributed by atoms with van der Waals surface area (Å²) < 4.78 is 0. The molecule has 1 heteroatoms. The molecule has 0 aromatic heterocycles. The first kappa shape index (κ1) is 8.06. The third kappa shape index (κ3) is 2.30. The van der Waals surface area contributed by atoms with E-state index in [-0.39, 0.29) is 0 Å². The Morgan fingerprint density at radius 3 is 2.40 bits per heavy atom. The van der Waals surface area contributed by atoms with Crippen LogP contribution in [0.25, 0.3) is 0 Å². The van der Waals surface area contributed by atoms with Gasteiger partial charge in [-0.05, 0) is 25.2 Å². The quantitative estimate of drug-likeness (QED) is 0.621. The molecule has 0 spiro atoms. The van der Waals surface area contributed by atoms with Gasteiger partial charge in [-0.3, -0.25) is 0 Å². The highest BCUT2D eigenvalue weighted by Crippen LogP contribution is 2.24. The highest BCUT2D eigenvalue weighted by molar-refractivity contribution is 4.79. The van der Waals surface area contributed by atoms with E-state index >= 15 is 0 Å². The largest absolute Gasteiger partial charge is 0.312 e. The molecule has 0 saturated heterocycles. The minimum Gasteiger partial charge on any atom is -0.312 e. The predicted molar refractivity (Wildman–Crippen MR) is 45.1 cm³/mol. The molecule has 60 valence electrons. The van der Waals surface area contributed by atoms with Crippen LogP contribution < -0.4 is 5.32 Å². The maximum Gasteiger partial charge on any atom is 0.00720 e. The van der Waals surface area contributed by atoms with Crippen LogP contribution in [0.4, 0.5) is 0 Å². The Balaban J connectivity index is 2.18. The Bertz CT molecular complexity index is 98.9. The molecule has 1 fully saturated rings. The van der Waals surface area contributed by atoms with E-state index in [4.69, 9.17) is 0 Å². The zero-order valence-corrected chi connectivity index (χ0v) is 7.35. The van der Waals surface area contributed by atoms with Crippen LogP contribution in [-0.4, -0.2) is 12.1 Å². The average molecular weight is 141 g/mol. The van der Waals surface area contributed by atoms with E-state index in [0.717, 1.165) is 12.0 Å². The van der Waals surface area contributed by atoms with E-state index in [2.05, 4.69) is 26.1 Å². The highest BCUT2D eigenvalue weighted by atomic mass is 14.9. The zero-order chi connectivity index (χ0) is 7.56.